The molecule has 0 radical (unpaired) electrons. The van der Waals surface area contributed by atoms with Crippen molar-refractivity contribution in [1.29, 1.82) is 0 Å². The van der Waals surface area contributed by atoms with E-state index in [0.717, 1.165) is 11.3 Å². The zero-order valence-electron chi connectivity index (χ0n) is 9.42. The van der Waals surface area contributed by atoms with Crippen LogP contribution < -0.4 is 11.4 Å². The van der Waals surface area contributed by atoms with Gasteiger partial charge in [-0.2, -0.15) is 0 Å². The van der Waals surface area contributed by atoms with Crippen molar-refractivity contribution in [2.45, 2.75) is 13.0 Å². The third-order valence-electron chi connectivity index (χ3n) is 2.64. The predicted molar refractivity (Wildman–Crippen MR) is 63.6 cm³/mol. The van der Waals surface area contributed by atoms with Crippen LogP contribution in [0.2, 0.25) is 0 Å². The van der Waals surface area contributed by atoms with Crippen LogP contribution in [-0.2, 0) is 7.05 Å². The molecule has 84 valence electrons. The first-order valence-electron chi connectivity index (χ1n) is 5.19. The Morgan fingerprint density at radius 2 is 1.81 bits per heavy atom. The summed E-state index contributed by atoms with van der Waals surface area (Å²) in [5.41, 5.74) is 7.64. The number of hydrogen-bond acceptors (Lipinski definition) is 2. The number of benzene rings is 1. The van der Waals surface area contributed by atoms with Crippen molar-refractivity contribution in [3.63, 3.8) is 0 Å². The van der Waals surface area contributed by atoms with Gasteiger partial charge in [-0.1, -0.05) is 12.1 Å². The van der Waals surface area contributed by atoms with Crippen molar-refractivity contribution in [2.75, 3.05) is 0 Å². The zero-order chi connectivity index (χ0) is 11.7. The van der Waals surface area contributed by atoms with Gasteiger partial charge in [0.15, 0.2) is 0 Å². The van der Waals surface area contributed by atoms with E-state index < -0.39 is 0 Å². The summed E-state index contributed by atoms with van der Waals surface area (Å²) >= 11 is 0. The van der Waals surface area contributed by atoms with Gasteiger partial charge in [-0.3, -0.25) is 4.57 Å². The monoisotopic (exact) mass is 217 g/mol. The van der Waals surface area contributed by atoms with Gasteiger partial charge in [-0.05, 0) is 24.6 Å². The summed E-state index contributed by atoms with van der Waals surface area (Å²) in [5, 5.41) is 0. The largest absolute Gasteiger partial charge is 0.332 e. The number of nitrogens with two attached hydrogens (primary N) is 1. The van der Waals surface area contributed by atoms with E-state index >= 15 is 0 Å². The average Bonchev–Trinajstić information content (AvgIpc) is 2.60. The summed E-state index contributed by atoms with van der Waals surface area (Å²) in [5.74, 6) is 0. The van der Waals surface area contributed by atoms with Gasteiger partial charge in [0, 0.05) is 25.5 Å². The topological polar surface area (TPSA) is 52.9 Å². The minimum absolute atomic E-state index is 0.0153. The zero-order valence-corrected chi connectivity index (χ0v) is 9.42. The Hall–Kier alpha value is -1.81. The van der Waals surface area contributed by atoms with Crippen molar-refractivity contribution in [1.82, 2.24) is 9.13 Å². The van der Waals surface area contributed by atoms with E-state index in [0.29, 0.717) is 0 Å². The summed E-state index contributed by atoms with van der Waals surface area (Å²) in [7, 11) is 1.73. The second-order valence-electron chi connectivity index (χ2n) is 3.94. The summed E-state index contributed by atoms with van der Waals surface area (Å²) in [6.07, 6.45) is 3.49. The quantitative estimate of drug-likeness (QED) is 0.821. The van der Waals surface area contributed by atoms with E-state index in [1.165, 1.54) is 0 Å². The smallest absolute Gasteiger partial charge is 0.324 e. The van der Waals surface area contributed by atoms with Crippen LogP contribution in [0.15, 0.2) is 41.5 Å². The van der Waals surface area contributed by atoms with Crippen molar-refractivity contribution in [3.8, 4) is 5.69 Å². The van der Waals surface area contributed by atoms with E-state index in [-0.39, 0.29) is 11.7 Å². The highest BCUT2D eigenvalue weighted by atomic mass is 16.1. The molecular weight excluding hydrogens is 202 g/mol. The molecule has 16 heavy (non-hydrogen) atoms. The normalized spacial score (nSPS) is 12.7. The molecule has 0 amide bonds. The maximum Gasteiger partial charge on any atom is 0.332 e. The Bertz CT molecular complexity index is 534. The van der Waals surface area contributed by atoms with Gasteiger partial charge in [0.25, 0.3) is 0 Å². The van der Waals surface area contributed by atoms with E-state index in [1.807, 2.05) is 31.2 Å². The molecule has 0 fully saturated rings. The van der Waals surface area contributed by atoms with Crippen LogP contribution in [-0.4, -0.2) is 9.13 Å². The summed E-state index contributed by atoms with van der Waals surface area (Å²) in [4.78, 5) is 11.7. The van der Waals surface area contributed by atoms with Gasteiger partial charge >= 0.3 is 5.69 Å². The summed E-state index contributed by atoms with van der Waals surface area (Å²) in [6.45, 7) is 1.93. The highest BCUT2D eigenvalue weighted by Crippen LogP contribution is 2.12. The maximum absolute atomic E-state index is 11.7. The van der Waals surface area contributed by atoms with Crippen LogP contribution in [0.1, 0.15) is 18.5 Å². The molecular formula is C12H15N3O. The molecule has 2 aromatic rings. The fourth-order valence-electron chi connectivity index (χ4n) is 1.60. The van der Waals surface area contributed by atoms with Crippen molar-refractivity contribution < 1.29 is 0 Å². The highest BCUT2D eigenvalue weighted by Gasteiger charge is 2.03. The number of nitrogens with zero attached hydrogens (tertiary/aromatic N) is 2. The van der Waals surface area contributed by atoms with Gasteiger partial charge in [-0.25, -0.2) is 4.79 Å². The molecule has 1 unspecified atom stereocenters. The molecule has 2 N–H and O–H groups in total. The second-order valence-corrected chi connectivity index (χ2v) is 3.94. The second kappa shape index (κ2) is 3.98. The van der Waals surface area contributed by atoms with Crippen molar-refractivity contribution in [3.05, 3.63) is 52.7 Å². The van der Waals surface area contributed by atoms with Crippen molar-refractivity contribution >= 4 is 0 Å². The van der Waals surface area contributed by atoms with Crippen LogP contribution in [0.25, 0.3) is 5.69 Å². The first kappa shape index (κ1) is 10.7. The molecule has 0 aliphatic heterocycles. The van der Waals surface area contributed by atoms with E-state index in [1.54, 1.807) is 28.6 Å². The molecule has 1 atom stereocenters. The van der Waals surface area contributed by atoms with Crippen LogP contribution in [0.3, 0.4) is 0 Å². The van der Waals surface area contributed by atoms with E-state index in [2.05, 4.69) is 0 Å². The molecule has 4 nitrogen and oxygen atoms in total. The fourth-order valence-corrected chi connectivity index (χ4v) is 1.60. The Kier molecular flexibility index (Phi) is 2.66. The van der Waals surface area contributed by atoms with Crippen LogP contribution in [0.4, 0.5) is 0 Å². The lowest BCUT2D eigenvalue weighted by molar-refractivity contribution is 0.811. The van der Waals surface area contributed by atoms with Crippen LogP contribution in [0.5, 0.6) is 0 Å². The Morgan fingerprint density at radius 1 is 1.19 bits per heavy atom. The van der Waals surface area contributed by atoms with Gasteiger partial charge in [0.2, 0.25) is 0 Å². The molecule has 1 aromatic carbocycles. The molecule has 2 rings (SSSR count). The first-order chi connectivity index (χ1) is 7.59. The standard InChI is InChI=1S/C12H15N3O/c1-9(13)10-3-5-11(6-4-10)15-8-7-14(2)12(15)16/h3-9H,13H2,1-2H3. The number of hydrogen-bond donors (Lipinski definition) is 1. The number of rotatable bonds is 2. The van der Waals surface area contributed by atoms with Gasteiger partial charge in [0.1, 0.15) is 0 Å². The number of aryl methyl sites for hydroxylation is 1. The minimum atomic E-state index is -0.0476. The van der Waals surface area contributed by atoms with Gasteiger partial charge in [0.05, 0.1) is 5.69 Å². The molecule has 0 saturated heterocycles. The minimum Gasteiger partial charge on any atom is -0.324 e. The van der Waals surface area contributed by atoms with Gasteiger partial charge < -0.3 is 10.3 Å². The van der Waals surface area contributed by atoms with Crippen LogP contribution in [0, 0.1) is 0 Å². The fraction of sp³-hybridized carbons (Fsp3) is 0.250. The summed E-state index contributed by atoms with van der Waals surface area (Å²) in [6, 6.07) is 7.71. The highest BCUT2D eigenvalue weighted by molar-refractivity contribution is 5.35. The van der Waals surface area contributed by atoms with E-state index in [9.17, 15) is 4.79 Å². The SMILES string of the molecule is CC(N)c1ccc(-n2ccn(C)c2=O)cc1. The molecule has 0 saturated carbocycles. The molecule has 0 spiro atoms. The Labute approximate surface area is 93.9 Å². The molecule has 1 heterocycles. The van der Waals surface area contributed by atoms with Gasteiger partial charge in [-0.15, -0.1) is 0 Å². The predicted octanol–water partition coefficient (Wildman–Crippen LogP) is 1.20. The number of aromatic nitrogens is 2. The molecule has 0 aliphatic rings. The lowest BCUT2D eigenvalue weighted by Crippen LogP contribution is -2.20. The first-order valence-corrected chi connectivity index (χ1v) is 5.19. The lowest BCUT2D eigenvalue weighted by Gasteiger charge is -2.06. The molecule has 4 heteroatoms. The molecule has 0 bridgehead atoms. The maximum atomic E-state index is 11.7. The molecule has 1 aromatic heterocycles. The average molecular weight is 217 g/mol. The van der Waals surface area contributed by atoms with Crippen molar-refractivity contribution in [2.24, 2.45) is 12.8 Å². The van der Waals surface area contributed by atoms with E-state index in [4.69, 9.17) is 5.73 Å². The van der Waals surface area contributed by atoms with Crippen LogP contribution >= 0.6 is 0 Å². The number of imidazole rings is 1. The Balaban J connectivity index is 2.43. The third-order valence-corrected chi connectivity index (χ3v) is 2.64. The third kappa shape index (κ3) is 1.79. The molecule has 0 aliphatic carbocycles. The lowest BCUT2D eigenvalue weighted by atomic mass is 10.1. The Morgan fingerprint density at radius 3 is 2.25 bits per heavy atom. The summed E-state index contributed by atoms with van der Waals surface area (Å²) < 4.78 is 3.14.